The summed E-state index contributed by atoms with van der Waals surface area (Å²) in [5.41, 5.74) is 2.11. The van der Waals surface area contributed by atoms with Crippen LogP contribution < -0.4 is 5.32 Å². The van der Waals surface area contributed by atoms with Gasteiger partial charge in [0.2, 0.25) is 0 Å². The minimum absolute atomic E-state index is 0.234. The van der Waals surface area contributed by atoms with E-state index in [0.717, 1.165) is 37.2 Å². The van der Waals surface area contributed by atoms with Gasteiger partial charge in [0.25, 0.3) is 0 Å². The fraction of sp³-hybridized carbons (Fsp3) is 0.545. The Hall–Kier alpha value is -1.09. The highest BCUT2D eigenvalue weighted by Crippen LogP contribution is 2.07. The monoisotopic (exact) mass is 194 g/mol. The zero-order valence-electron chi connectivity index (χ0n) is 8.66. The number of nitrogens with zero attached hydrogens (tertiary/aromatic N) is 1. The molecule has 2 N–H and O–H groups in total. The molecule has 0 unspecified atom stereocenters. The Kier molecular flexibility index (Phi) is 5.00. The maximum atomic E-state index is 8.66. The van der Waals surface area contributed by atoms with Crippen LogP contribution in [0.5, 0.6) is 0 Å². The lowest BCUT2D eigenvalue weighted by Crippen LogP contribution is -2.01. The van der Waals surface area contributed by atoms with Crippen molar-refractivity contribution in [2.75, 3.05) is 18.5 Å². The Morgan fingerprint density at radius 2 is 2.29 bits per heavy atom. The van der Waals surface area contributed by atoms with Gasteiger partial charge in [-0.2, -0.15) is 0 Å². The molecule has 0 fully saturated rings. The fourth-order valence-corrected chi connectivity index (χ4v) is 1.21. The molecule has 0 amide bonds. The first kappa shape index (κ1) is 11.0. The quantitative estimate of drug-likeness (QED) is 0.726. The summed E-state index contributed by atoms with van der Waals surface area (Å²) in [5.74, 6) is 0. The fourth-order valence-electron chi connectivity index (χ4n) is 1.21. The first-order chi connectivity index (χ1) is 6.86. The Morgan fingerprint density at radius 1 is 1.43 bits per heavy atom. The van der Waals surface area contributed by atoms with Crippen LogP contribution in [0.3, 0.4) is 0 Å². The van der Waals surface area contributed by atoms with E-state index in [1.54, 1.807) is 0 Å². The molecule has 0 radical (unpaired) electrons. The Morgan fingerprint density at radius 3 is 2.86 bits per heavy atom. The summed E-state index contributed by atoms with van der Waals surface area (Å²) in [7, 11) is 0. The molecule has 0 aliphatic heterocycles. The van der Waals surface area contributed by atoms with Crippen LogP contribution in [0.15, 0.2) is 18.3 Å². The summed E-state index contributed by atoms with van der Waals surface area (Å²) < 4.78 is 0. The van der Waals surface area contributed by atoms with Crippen LogP contribution in [0.4, 0.5) is 5.69 Å². The number of nitrogens with one attached hydrogen (secondary N) is 1. The number of aliphatic hydroxyl groups excluding tert-OH is 1. The van der Waals surface area contributed by atoms with Crippen molar-refractivity contribution in [1.82, 2.24) is 4.98 Å². The van der Waals surface area contributed by atoms with Crippen molar-refractivity contribution in [1.29, 1.82) is 0 Å². The van der Waals surface area contributed by atoms with E-state index >= 15 is 0 Å². The van der Waals surface area contributed by atoms with E-state index in [4.69, 9.17) is 5.11 Å². The molecule has 0 atom stereocenters. The van der Waals surface area contributed by atoms with Gasteiger partial charge in [-0.05, 0) is 31.4 Å². The third kappa shape index (κ3) is 3.75. The van der Waals surface area contributed by atoms with Gasteiger partial charge >= 0.3 is 0 Å². The van der Waals surface area contributed by atoms with Gasteiger partial charge < -0.3 is 10.4 Å². The van der Waals surface area contributed by atoms with Gasteiger partial charge in [-0.25, -0.2) is 0 Å². The van der Waals surface area contributed by atoms with Crippen LogP contribution >= 0.6 is 0 Å². The van der Waals surface area contributed by atoms with Crippen LogP contribution in [-0.2, 0) is 6.42 Å². The highest BCUT2D eigenvalue weighted by Gasteiger charge is 1.95. The number of aromatic nitrogens is 1. The van der Waals surface area contributed by atoms with Crippen LogP contribution in [0, 0.1) is 0 Å². The van der Waals surface area contributed by atoms with E-state index in [9.17, 15) is 0 Å². The van der Waals surface area contributed by atoms with Crippen LogP contribution in [-0.4, -0.2) is 23.2 Å². The van der Waals surface area contributed by atoms with Gasteiger partial charge in [0.15, 0.2) is 0 Å². The third-order valence-corrected chi connectivity index (χ3v) is 1.99. The average Bonchev–Trinajstić information content (AvgIpc) is 2.25. The summed E-state index contributed by atoms with van der Waals surface area (Å²) in [6.07, 6.45) is 4.61. The Labute approximate surface area is 85.2 Å². The van der Waals surface area contributed by atoms with Gasteiger partial charge in [0.1, 0.15) is 0 Å². The zero-order valence-corrected chi connectivity index (χ0v) is 8.66. The largest absolute Gasteiger partial charge is 0.396 e. The van der Waals surface area contributed by atoms with Crippen molar-refractivity contribution in [2.45, 2.75) is 26.2 Å². The molecule has 1 heterocycles. The van der Waals surface area contributed by atoms with E-state index in [2.05, 4.69) is 17.2 Å². The molecular formula is C11H18N2O. The number of rotatable bonds is 6. The van der Waals surface area contributed by atoms with Gasteiger partial charge in [-0.1, -0.05) is 6.92 Å². The summed E-state index contributed by atoms with van der Waals surface area (Å²) in [6.45, 7) is 3.35. The summed E-state index contributed by atoms with van der Waals surface area (Å²) >= 11 is 0. The van der Waals surface area contributed by atoms with Crippen molar-refractivity contribution < 1.29 is 5.11 Å². The number of hydrogen-bond acceptors (Lipinski definition) is 3. The molecule has 0 aliphatic carbocycles. The molecule has 3 heteroatoms. The lowest BCUT2D eigenvalue weighted by atomic mass is 10.2. The van der Waals surface area contributed by atoms with Gasteiger partial charge in [0.05, 0.1) is 11.9 Å². The highest BCUT2D eigenvalue weighted by molar-refractivity contribution is 5.40. The molecule has 0 bridgehead atoms. The smallest absolute Gasteiger partial charge is 0.0526 e. The molecule has 0 aromatic carbocycles. The van der Waals surface area contributed by atoms with E-state index < -0.39 is 0 Å². The normalized spacial score (nSPS) is 10.1. The van der Waals surface area contributed by atoms with E-state index in [1.807, 2.05) is 18.3 Å². The minimum atomic E-state index is 0.234. The summed E-state index contributed by atoms with van der Waals surface area (Å²) in [6, 6.07) is 4.04. The van der Waals surface area contributed by atoms with Crippen molar-refractivity contribution in [3.8, 4) is 0 Å². The minimum Gasteiger partial charge on any atom is -0.396 e. The maximum absolute atomic E-state index is 8.66. The second-order valence-corrected chi connectivity index (χ2v) is 3.29. The second-order valence-electron chi connectivity index (χ2n) is 3.29. The average molecular weight is 194 g/mol. The number of hydrogen-bond donors (Lipinski definition) is 2. The Bertz CT molecular complexity index is 219. The molecule has 0 spiro atoms. The van der Waals surface area contributed by atoms with Crippen LogP contribution in [0.25, 0.3) is 0 Å². The van der Waals surface area contributed by atoms with E-state index in [0.29, 0.717) is 0 Å². The summed E-state index contributed by atoms with van der Waals surface area (Å²) in [5, 5.41) is 11.9. The number of anilines is 1. The Balaban J connectivity index is 2.42. The molecule has 1 rings (SSSR count). The van der Waals surface area contributed by atoms with Crippen LogP contribution in [0.2, 0.25) is 0 Å². The molecule has 14 heavy (non-hydrogen) atoms. The van der Waals surface area contributed by atoms with Crippen molar-refractivity contribution in [3.05, 3.63) is 24.0 Å². The topological polar surface area (TPSA) is 45.1 Å². The molecule has 3 nitrogen and oxygen atoms in total. The van der Waals surface area contributed by atoms with E-state index in [-0.39, 0.29) is 6.61 Å². The molecule has 1 aromatic rings. The van der Waals surface area contributed by atoms with Crippen molar-refractivity contribution in [2.24, 2.45) is 0 Å². The number of aliphatic hydroxyl groups is 1. The van der Waals surface area contributed by atoms with Gasteiger partial charge in [-0.3, -0.25) is 4.98 Å². The third-order valence-electron chi connectivity index (χ3n) is 1.99. The molecule has 1 aromatic heterocycles. The first-order valence-corrected chi connectivity index (χ1v) is 5.16. The van der Waals surface area contributed by atoms with Gasteiger partial charge in [-0.15, -0.1) is 0 Å². The molecular weight excluding hydrogens is 176 g/mol. The van der Waals surface area contributed by atoms with Crippen LogP contribution in [0.1, 0.15) is 25.5 Å². The summed E-state index contributed by atoms with van der Waals surface area (Å²) in [4.78, 5) is 4.30. The second kappa shape index (κ2) is 6.38. The predicted molar refractivity (Wildman–Crippen MR) is 58.4 cm³/mol. The SMILES string of the molecule is CCCNc1ccc(CCCO)nc1. The molecule has 0 saturated heterocycles. The maximum Gasteiger partial charge on any atom is 0.0526 e. The number of aryl methyl sites for hydroxylation is 1. The highest BCUT2D eigenvalue weighted by atomic mass is 16.2. The lowest BCUT2D eigenvalue weighted by Gasteiger charge is -2.04. The van der Waals surface area contributed by atoms with Gasteiger partial charge in [0, 0.05) is 18.8 Å². The standard InChI is InChI=1S/C11H18N2O/c1-2-7-12-11-6-5-10(13-9-11)4-3-8-14/h5-6,9,12,14H,2-4,7-8H2,1H3. The molecule has 0 saturated carbocycles. The molecule has 0 aliphatic rings. The van der Waals surface area contributed by atoms with Crippen molar-refractivity contribution in [3.63, 3.8) is 0 Å². The molecule has 78 valence electrons. The first-order valence-electron chi connectivity index (χ1n) is 5.16. The van der Waals surface area contributed by atoms with Crippen molar-refractivity contribution >= 4 is 5.69 Å². The predicted octanol–water partition coefficient (Wildman–Crippen LogP) is 1.83. The van der Waals surface area contributed by atoms with E-state index in [1.165, 1.54) is 0 Å². The lowest BCUT2D eigenvalue weighted by molar-refractivity contribution is 0.288. The zero-order chi connectivity index (χ0) is 10.2. The number of pyridine rings is 1.